The molecule has 0 spiro atoms. The van der Waals surface area contributed by atoms with Crippen molar-refractivity contribution in [2.75, 3.05) is 40.0 Å². The van der Waals surface area contributed by atoms with Gasteiger partial charge in [-0.25, -0.2) is 8.42 Å². The maximum absolute atomic E-state index is 13.6. The molecule has 0 unspecified atom stereocenters. The monoisotopic (exact) mass is 526 g/mol. The molecule has 2 atom stereocenters. The van der Waals surface area contributed by atoms with Crippen LogP contribution in [0.3, 0.4) is 0 Å². The van der Waals surface area contributed by atoms with Gasteiger partial charge in [-0.2, -0.15) is 4.31 Å². The second-order valence-corrected chi connectivity index (χ2v) is 12.4. The molecule has 8 nitrogen and oxygen atoms in total. The number of carbonyl (C=O) groups excluding carboxylic acids is 2. The molecule has 196 valence electrons. The smallest absolute Gasteiger partial charge is 0.245 e. The molecule has 1 saturated carbocycles. The summed E-state index contributed by atoms with van der Waals surface area (Å²) in [5, 5.41) is 3.54. The molecular formula is C25H39ClN4O4S. The molecule has 1 N–H and O–H groups in total. The Morgan fingerprint density at radius 2 is 1.74 bits per heavy atom. The standard InChI is InChI=1S/C25H39ClN4O4S/c1-28(2)15-14-24(31)27-23(17-19-9-11-20(26)12-10-19)25(32)29-16-13-22(18-29)30(35(3,33)34)21-7-5-4-6-8-21/h9-12,21-23H,4-8,13-18H2,1-3H3,(H,27,31)/t22-,23+/m0/s1. The van der Waals surface area contributed by atoms with Crippen LogP contribution in [0, 0.1) is 0 Å². The molecule has 2 fully saturated rings. The van der Waals surface area contributed by atoms with Gasteiger partial charge < -0.3 is 15.1 Å². The van der Waals surface area contributed by atoms with Crippen LogP contribution in [0.5, 0.6) is 0 Å². The van der Waals surface area contributed by atoms with Crippen molar-refractivity contribution >= 4 is 33.4 Å². The van der Waals surface area contributed by atoms with E-state index in [0.717, 1.165) is 37.7 Å². The fraction of sp³-hybridized carbons (Fsp3) is 0.680. The van der Waals surface area contributed by atoms with Gasteiger partial charge in [-0.1, -0.05) is 43.0 Å². The molecule has 1 saturated heterocycles. The van der Waals surface area contributed by atoms with Gasteiger partial charge in [0.1, 0.15) is 6.04 Å². The van der Waals surface area contributed by atoms with Crippen molar-refractivity contribution in [3.8, 4) is 0 Å². The Hall–Kier alpha value is -1.68. The predicted molar refractivity (Wildman–Crippen MR) is 139 cm³/mol. The first-order chi connectivity index (χ1) is 16.5. The SMILES string of the molecule is CN(C)CCC(=O)N[C@H](Cc1ccc(Cl)cc1)C(=O)N1CC[C@H](N(C2CCCCC2)S(C)(=O)=O)C1. The fourth-order valence-corrected chi connectivity index (χ4v) is 6.79. The van der Waals surface area contributed by atoms with E-state index in [1.165, 1.54) is 6.26 Å². The quantitative estimate of drug-likeness (QED) is 0.506. The lowest BCUT2D eigenvalue weighted by Crippen LogP contribution is -2.52. The van der Waals surface area contributed by atoms with Gasteiger partial charge >= 0.3 is 0 Å². The molecule has 1 aromatic rings. The van der Waals surface area contributed by atoms with Crippen LogP contribution in [-0.2, 0) is 26.0 Å². The van der Waals surface area contributed by atoms with Crippen LogP contribution >= 0.6 is 11.6 Å². The van der Waals surface area contributed by atoms with Gasteiger partial charge in [0, 0.05) is 49.6 Å². The highest BCUT2D eigenvalue weighted by atomic mass is 35.5. The summed E-state index contributed by atoms with van der Waals surface area (Å²) < 4.78 is 27.1. The first kappa shape index (κ1) is 27.9. The van der Waals surface area contributed by atoms with Gasteiger partial charge in [-0.3, -0.25) is 9.59 Å². The van der Waals surface area contributed by atoms with E-state index in [1.54, 1.807) is 21.3 Å². The molecule has 2 amide bonds. The third-order valence-corrected chi connectivity index (χ3v) is 8.54. The summed E-state index contributed by atoms with van der Waals surface area (Å²) >= 11 is 6.01. The number of hydrogen-bond acceptors (Lipinski definition) is 5. The topological polar surface area (TPSA) is 90.0 Å². The van der Waals surface area contributed by atoms with Crippen molar-refractivity contribution < 1.29 is 18.0 Å². The number of benzene rings is 1. The second-order valence-electron chi connectivity index (χ2n) is 10.1. The van der Waals surface area contributed by atoms with Gasteiger partial charge in [0.15, 0.2) is 0 Å². The van der Waals surface area contributed by atoms with Crippen molar-refractivity contribution in [3.05, 3.63) is 34.9 Å². The molecule has 3 rings (SSSR count). The van der Waals surface area contributed by atoms with Crippen LogP contribution in [0.25, 0.3) is 0 Å². The first-order valence-electron chi connectivity index (χ1n) is 12.5. The average molecular weight is 527 g/mol. The van der Waals surface area contributed by atoms with Gasteiger partial charge in [-0.15, -0.1) is 0 Å². The number of amides is 2. The normalized spacial score (nSPS) is 20.4. The number of hydrogen-bond donors (Lipinski definition) is 1. The van der Waals surface area contributed by atoms with E-state index in [4.69, 9.17) is 11.6 Å². The maximum atomic E-state index is 13.6. The summed E-state index contributed by atoms with van der Waals surface area (Å²) in [7, 11) is 0.397. The van der Waals surface area contributed by atoms with Crippen molar-refractivity contribution in [2.45, 2.75) is 69.5 Å². The van der Waals surface area contributed by atoms with E-state index in [0.29, 0.717) is 43.9 Å². The molecule has 1 aliphatic carbocycles. The van der Waals surface area contributed by atoms with E-state index >= 15 is 0 Å². The van der Waals surface area contributed by atoms with Crippen molar-refractivity contribution in [1.82, 2.24) is 19.4 Å². The molecule has 0 bridgehead atoms. The van der Waals surface area contributed by atoms with Gasteiger partial charge in [-0.05, 0) is 51.1 Å². The van der Waals surface area contributed by atoms with E-state index < -0.39 is 16.1 Å². The summed E-state index contributed by atoms with van der Waals surface area (Å²) in [4.78, 5) is 29.8. The summed E-state index contributed by atoms with van der Waals surface area (Å²) in [5.74, 6) is -0.348. The number of sulfonamides is 1. The number of halogens is 1. The molecule has 1 heterocycles. The number of rotatable bonds is 10. The molecule has 1 aromatic carbocycles. The summed E-state index contributed by atoms with van der Waals surface area (Å²) in [6.45, 7) is 1.42. The Morgan fingerprint density at radius 1 is 1.09 bits per heavy atom. The molecule has 0 aromatic heterocycles. The van der Waals surface area contributed by atoms with Crippen LogP contribution in [-0.4, -0.2) is 92.4 Å². The molecule has 0 radical (unpaired) electrons. The lowest BCUT2D eigenvalue weighted by Gasteiger charge is -2.36. The van der Waals surface area contributed by atoms with E-state index in [-0.39, 0.29) is 23.9 Å². The Labute approximate surface area is 215 Å². The zero-order valence-electron chi connectivity index (χ0n) is 21.1. The predicted octanol–water partition coefficient (Wildman–Crippen LogP) is 2.51. The Kier molecular flexibility index (Phi) is 9.98. The minimum atomic E-state index is -3.40. The van der Waals surface area contributed by atoms with Crippen LogP contribution in [0.1, 0.15) is 50.5 Å². The zero-order chi connectivity index (χ0) is 25.6. The Balaban J connectivity index is 1.73. The highest BCUT2D eigenvalue weighted by Crippen LogP contribution is 2.30. The lowest BCUT2D eigenvalue weighted by molar-refractivity contribution is -0.135. The average Bonchev–Trinajstić information content (AvgIpc) is 3.27. The third kappa shape index (κ3) is 8.17. The third-order valence-electron chi connectivity index (χ3n) is 6.92. The van der Waals surface area contributed by atoms with Crippen molar-refractivity contribution in [3.63, 3.8) is 0 Å². The van der Waals surface area contributed by atoms with Crippen molar-refractivity contribution in [2.24, 2.45) is 0 Å². The molecule has 35 heavy (non-hydrogen) atoms. The zero-order valence-corrected chi connectivity index (χ0v) is 22.7. The summed E-state index contributed by atoms with van der Waals surface area (Å²) in [6, 6.07) is 6.32. The van der Waals surface area contributed by atoms with Gasteiger partial charge in [0.2, 0.25) is 21.8 Å². The largest absolute Gasteiger partial charge is 0.344 e. The fourth-order valence-electron chi connectivity index (χ4n) is 5.19. The molecule has 1 aliphatic heterocycles. The molecule has 2 aliphatic rings. The number of carbonyl (C=O) groups is 2. The van der Waals surface area contributed by atoms with Crippen LogP contribution < -0.4 is 5.32 Å². The van der Waals surface area contributed by atoms with Gasteiger partial charge in [0.05, 0.1) is 6.26 Å². The second kappa shape index (κ2) is 12.5. The first-order valence-corrected chi connectivity index (χ1v) is 14.7. The van der Waals surface area contributed by atoms with E-state index in [9.17, 15) is 18.0 Å². The van der Waals surface area contributed by atoms with E-state index in [2.05, 4.69) is 5.32 Å². The number of likely N-dealkylation sites (tertiary alicyclic amines) is 1. The Morgan fingerprint density at radius 3 is 2.34 bits per heavy atom. The Bertz CT molecular complexity index is 964. The lowest BCUT2D eigenvalue weighted by atomic mass is 9.95. The highest BCUT2D eigenvalue weighted by molar-refractivity contribution is 7.88. The number of nitrogens with zero attached hydrogens (tertiary/aromatic N) is 3. The van der Waals surface area contributed by atoms with E-state index in [1.807, 2.05) is 31.1 Å². The summed E-state index contributed by atoms with van der Waals surface area (Å²) in [5.41, 5.74) is 0.899. The molecule has 10 heteroatoms. The van der Waals surface area contributed by atoms with Crippen molar-refractivity contribution in [1.29, 1.82) is 0 Å². The molecular weight excluding hydrogens is 488 g/mol. The highest BCUT2D eigenvalue weighted by Gasteiger charge is 2.40. The van der Waals surface area contributed by atoms with Crippen LogP contribution in [0.2, 0.25) is 5.02 Å². The minimum absolute atomic E-state index is 0.00871. The maximum Gasteiger partial charge on any atom is 0.245 e. The summed E-state index contributed by atoms with van der Waals surface area (Å²) in [6.07, 6.45) is 7.49. The minimum Gasteiger partial charge on any atom is -0.344 e. The van der Waals surface area contributed by atoms with Crippen LogP contribution in [0.4, 0.5) is 0 Å². The van der Waals surface area contributed by atoms with Crippen LogP contribution in [0.15, 0.2) is 24.3 Å². The van der Waals surface area contributed by atoms with Gasteiger partial charge in [0.25, 0.3) is 0 Å². The number of nitrogens with one attached hydrogen (secondary N) is 1.